The van der Waals surface area contributed by atoms with Gasteiger partial charge in [-0.25, -0.2) is 0 Å². The Morgan fingerprint density at radius 1 is 0.688 bits per heavy atom. The van der Waals surface area contributed by atoms with Crippen LogP contribution in [0.1, 0.15) is 122 Å². The van der Waals surface area contributed by atoms with E-state index in [-0.39, 0.29) is 0 Å². The average Bonchev–Trinajstić information content (AvgIpc) is 2.86. The summed E-state index contributed by atoms with van der Waals surface area (Å²) < 4.78 is 0. The molecule has 1 nitrogen and oxygen atoms in total. The number of unbranched alkanes of at least 4 members (excludes halogenated alkanes) is 6. The van der Waals surface area contributed by atoms with Crippen molar-refractivity contribution in [3.05, 3.63) is 60.2 Å². The van der Waals surface area contributed by atoms with Gasteiger partial charge >= 0.3 is 0 Å². The first kappa shape index (κ1) is 26.4. The maximum Gasteiger partial charge on any atom is 0.132 e. The maximum absolute atomic E-state index is 11.4. The van der Waals surface area contributed by atoms with Crippen LogP contribution >= 0.6 is 0 Å². The molecule has 0 amide bonds. The van der Waals surface area contributed by atoms with E-state index in [0.717, 1.165) is 31.6 Å². The molecular formula is C31H46O. The molecule has 0 atom stereocenters. The zero-order valence-electron chi connectivity index (χ0n) is 20.8. The predicted octanol–water partition coefficient (Wildman–Crippen LogP) is 9.90. The van der Waals surface area contributed by atoms with E-state index in [0.29, 0.717) is 5.78 Å². The summed E-state index contributed by atoms with van der Waals surface area (Å²) in [7, 11) is 0. The van der Waals surface area contributed by atoms with E-state index in [4.69, 9.17) is 0 Å². The molecule has 2 aromatic carbocycles. The van der Waals surface area contributed by atoms with Crippen LogP contribution in [0.3, 0.4) is 0 Å². The van der Waals surface area contributed by atoms with Gasteiger partial charge in [0.1, 0.15) is 5.78 Å². The SMILES string of the molecule is CCCCCCC(=O)CCCCCC.c1ccc(-c2ccccc2C2CCCCC2)cc1. The van der Waals surface area contributed by atoms with Crippen LogP contribution in [-0.2, 0) is 4.79 Å². The monoisotopic (exact) mass is 434 g/mol. The van der Waals surface area contributed by atoms with Gasteiger partial charge in [0.2, 0.25) is 0 Å². The predicted molar refractivity (Wildman–Crippen MR) is 140 cm³/mol. The minimum atomic E-state index is 0.484. The lowest BCUT2D eigenvalue weighted by Gasteiger charge is -2.24. The lowest BCUT2D eigenvalue weighted by atomic mass is 9.81. The van der Waals surface area contributed by atoms with Crippen molar-refractivity contribution < 1.29 is 4.79 Å². The number of hydrogen-bond acceptors (Lipinski definition) is 1. The first-order valence-corrected chi connectivity index (χ1v) is 13.4. The van der Waals surface area contributed by atoms with E-state index in [1.807, 2.05) is 0 Å². The van der Waals surface area contributed by atoms with Gasteiger partial charge in [0.05, 0.1) is 0 Å². The molecular weight excluding hydrogens is 388 g/mol. The van der Waals surface area contributed by atoms with Gasteiger partial charge in [-0.2, -0.15) is 0 Å². The molecule has 3 rings (SSSR count). The first-order chi connectivity index (χ1) is 15.8. The Bertz CT molecular complexity index is 713. The first-order valence-electron chi connectivity index (χ1n) is 13.4. The third-order valence-electron chi connectivity index (χ3n) is 6.71. The van der Waals surface area contributed by atoms with E-state index >= 15 is 0 Å². The molecule has 1 fully saturated rings. The van der Waals surface area contributed by atoms with E-state index in [1.165, 1.54) is 81.8 Å². The normalized spacial score (nSPS) is 13.9. The summed E-state index contributed by atoms with van der Waals surface area (Å²) in [5.74, 6) is 1.26. The van der Waals surface area contributed by atoms with Crippen LogP contribution < -0.4 is 0 Å². The fraction of sp³-hybridized carbons (Fsp3) is 0.581. The molecule has 1 aliphatic carbocycles. The van der Waals surface area contributed by atoms with Gasteiger partial charge < -0.3 is 0 Å². The van der Waals surface area contributed by atoms with Crippen molar-refractivity contribution in [2.45, 2.75) is 116 Å². The van der Waals surface area contributed by atoms with Crippen LogP contribution in [0.25, 0.3) is 11.1 Å². The highest BCUT2D eigenvalue weighted by atomic mass is 16.1. The Labute approximate surface area is 198 Å². The summed E-state index contributed by atoms with van der Waals surface area (Å²) in [6, 6.07) is 19.8. The van der Waals surface area contributed by atoms with Gasteiger partial charge in [0.25, 0.3) is 0 Å². The molecule has 0 unspecified atom stereocenters. The average molecular weight is 435 g/mol. The van der Waals surface area contributed by atoms with Crippen molar-refractivity contribution in [3.8, 4) is 11.1 Å². The summed E-state index contributed by atoms with van der Waals surface area (Å²) in [6.45, 7) is 4.40. The number of benzene rings is 2. The number of ketones is 1. The molecule has 32 heavy (non-hydrogen) atoms. The van der Waals surface area contributed by atoms with Gasteiger partial charge in [-0.1, -0.05) is 126 Å². The number of carbonyl (C=O) groups excluding carboxylic acids is 1. The summed E-state index contributed by atoms with van der Waals surface area (Å²) in [6.07, 6.45) is 18.4. The molecule has 1 aliphatic rings. The van der Waals surface area contributed by atoms with E-state index in [9.17, 15) is 4.79 Å². The highest BCUT2D eigenvalue weighted by Gasteiger charge is 2.18. The highest BCUT2D eigenvalue weighted by molar-refractivity contribution is 5.78. The van der Waals surface area contributed by atoms with Crippen molar-refractivity contribution in [2.75, 3.05) is 0 Å². The number of Topliss-reactive ketones (excluding diaryl/α,β-unsaturated/α-hetero) is 1. The Morgan fingerprint density at radius 3 is 1.84 bits per heavy atom. The fourth-order valence-electron chi connectivity index (χ4n) is 4.77. The summed E-state index contributed by atoms with van der Waals surface area (Å²) in [4.78, 5) is 11.4. The Balaban J connectivity index is 0.000000237. The van der Waals surface area contributed by atoms with E-state index in [2.05, 4.69) is 68.4 Å². The molecule has 0 N–H and O–H groups in total. The second kappa shape index (κ2) is 16.7. The molecule has 0 spiro atoms. The third kappa shape index (κ3) is 10.2. The van der Waals surface area contributed by atoms with Crippen LogP contribution in [0.15, 0.2) is 54.6 Å². The smallest absolute Gasteiger partial charge is 0.132 e. The van der Waals surface area contributed by atoms with Crippen molar-refractivity contribution in [1.82, 2.24) is 0 Å². The summed E-state index contributed by atoms with van der Waals surface area (Å²) in [5.41, 5.74) is 4.35. The van der Waals surface area contributed by atoms with Gasteiger partial charge in [0.15, 0.2) is 0 Å². The van der Waals surface area contributed by atoms with Crippen LogP contribution in [0.4, 0.5) is 0 Å². The molecule has 2 aromatic rings. The van der Waals surface area contributed by atoms with E-state index < -0.39 is 0 Å². The number of hydrogen-bond donors (Lipinski definition) is 0. The van der Waals surface area contributed by atoms with Crippen LogP contribution in [0.5, 0.6) is 0 Å². The van der Waals surface area contributed by atoms with Crippen LogP contribution in [-0.4, -0.2) is 5.78 Å². The summed E-state index contributed by atoms with van der Waals surface area (Å²) >= 11 is 0. The third-order valence-corrected chi connectivity index (χ3v) is 6.71. The number of rotatable bonds is 12. The zero-order valence-corrected chi connectivity index (χ0v) is 20.8. The minimum Gasteiger partial charge on any atom is -0.300 e. The second-order valence-corrected chi connectivity index (χ2v) is 9.45. The van der Waals surface area contributed by atoms with Crippen LogP contribution in [0.2, 0.25) is 0 Å². The van der Waals surface area contributed by atoms with Gasteiger partial charge in [-0.15, -0.1) is 0 Å². The van der Waals surface area contributed by atoms with Crippen molar-refractivity contribution in [3.63, 3.8) is 0 Å². The quantitative estimate of drug-likeness (QED) is 0.304. The standard InChI is InChI=1S/C18H20.C13H26O/c1-3-9-15(10-4-1)17-13-7-8-14-18(17)16-11-5-2-6-12-16;1-3-5-7-9-11-13(14)12-10-8-6-4-2/h1,3-4,7-10,13-14,16H,2,5-6,11-12H2;3-12H2,1-2H3. The molecule has 1 heteroatoms. The molecule has 0 saturated heterocycles. The van der Waals surface area contributed by atoms with E-state index in [1.54, 1.807) is 5.56 Å². The Kier molecular flexibility index (Phi) is 13.8. The maximum atomic E-state index is 11.4. The van der Waals surface area contributed by atoms with Crippen molar-refractivity contribution >= 4 is 5.78 Å². The topological polar surface area (TPSA) is 17.1 Å². The molecule has 0 bridgehead atoms. The molecule has 0 aliphatic heterocycles. The molecule has 0 radical (unpaired) electrons. The van der Waals surface area contributed by atoms with Gasteiger partial charge in [-0.3, -0.25) is 4.79 Å². The lowest BCUT2D eigenvalue weighted by Crippen LogP contribution is -2.05. The lowest BCUT2D eigenvalue weighted by molar-refractivity contribution is -0.119. The molecule has 0 aromatic heterocycles. The van der Waals surface area contributed by atoms with Gasteiger partial charge in [-0.05, 0) is 48.3 Å². The fourth-order valence-corrected chi connectivity index (χ4v) is 4.77. The van der Waals surface area contributed by atoms with Crippen LogP contribution in [0, 0.1) is 0 Å². The largest absolute Gasteiger partial charge is 0.300 e. The second-order valence-electron chi connectivity index (χ2n) is 9.45. The minimum absolute atomic E-state index is 0.484. The van der Waals surface area contributed by atoms with Gasteiger partial charge in [0, 0.05) is 12.8 Å². The number of carbonyl (C=O) groups is 1. The van der Waals surface area contributed by atoms with Crippen molar-refractivity contribution in [2.24, 2.45) is 0 Å². The Hall–Kier alpha value is -1.89. The molecule has 0 heterocycles. The summed E-state index contributed by atoms with van der Waals surface area (Å²) in [5, 5.41) is 0. The molecule has 176 valence electrons. The Morgan fingerprint density at radius 2 is 1.25 bits per heavy atom. The molecule has 1 saturated carbocycles. The van der Waals surface area contributed by atoms with Crippen molar-refractivity contribution in [1.29, 1.82) is 0 Å². The zero-order chi connectivity index (χ0) is 22.9. The highest BCUT2D eigenvalue weighted by Crippen LogP contribution is 2.37.